The zero-order valence-electron chi connectivity index (χ0n) is 10.6. The fraction of sp³-hybridized carbons (Fsp3) is 0.643. The van der Waals surface area contributed by atoms with Gasteiger partial charge in [0.2, 0.25) is 5.91 Å². The summed E-state index contributed by atoms with van der Waals surface area (Å²) in [7, 11) is 0. The molecule has 4 atom stereocenters. The van der Waals surface area contributed by atoms with E-state index in [-0.39, 0.29) is 17.9 Å². The molecule has 2 aliphatic rings. The average Bonchev–Trinajstić information content (AvgIpc) is 3.03. The van der Waals surface area contributed by atoms with Crippen molar-refractivity contribution < 1.29 is 4.79 Å². The number of carbonyl (C=O) groups excluding carboxylic acids is 1. The molecule has 1 heterocycles. The molecule has 4 heteroatoms. The van der Waals surface area contributed by atoms with Crippen molar-refractivity contribution in [3.63, 3.8) is 0 Å². The van der Waals surface area contributed by atoms with E-state index in [1.54, 1.807) is 0 Å². The van der Waals surface area contributed by atoms with Crippen LogP contribution in [0.25, 0.3) is 0 Å². The number of rotatable bonds is 4. The van der Waals surface area contributed by atoms with Gasteiger partial charge in [-0.3, -0.25) is 4.79 Å². The predicted octanol–water partition coefficient (Wildman–Crippen LogP) is 0.978. The van der Waals surface area contributed by atoms with Gasteiger partial charge in [0.05, 0.1) is 5.92 Å². The molecule has 0 radical (unpaired) electrons. The summed E-state index contributed by atoms with van der Waals surface area (Å²) in [6, 6.07) is 4.08. The van der Waals surface area contributed by atoms with Crippen molar-refractivity contribution >= 4 is 5.91 Å². The molecule has 2 fully saturated rings. The Bertz CT molecular complexity index is 413. The van der Waals surface area contributed by atoms with Crippen LogP contribution < -0.4 is 11.1 Å². The van der Waals surface area contributed by atoms with E-state index < -0.39 is 0 Å². The van der Waals surface area contributed by atoms with Crippen LogP contribution in [-0.2, 0) is 11.3 Å². The third-order valence-corrected chi connectivity index (χ3v) is 4.62. The topological polar surface area (TPSA) is 60.1 Å². The van der Waals surface area contributed by atoms with Gasteiger partial charge in [0.15, 0.2) is 0 Å². The summed E-state index contributed by atoms with van der Waals surface area (Å²) in [6.07, 6.45) is 7.59. The molecule has 2 bridgehead atoms. The Labute approximate surface area is 108 Å². The molecule has 0 aromatic carbocycles. The number of nitrogens with zero attached hydrogens (tertiary/aromatic N) is 1. The molecule has 1 amide bonds. The maximum absolute atomic E-state index is 12.2. The van der Waals surface area contributed by atoms with Gasteiger partial charge in [-0.25, -0.2) is 0 Å². The predicted molar refractivity (Wildman–Crippen MR) is 69.7 cm³/mol. The van der Waals surface area contributed by atoms with Crippen LogP contribution >= 0.6 is 0 Å². The fourth-order valence-corrected chi connectivity index (χ4v) is 3.67. The van der Waals surface area contributed by atoms with Crippen LogP contribution in [0.4, 0.5) is 0 Å². The third kappa shape index (κ3) is 2.05. The van der Waals surface area contributed by atoms with Crippen LogP contribution in [0.2, 0.25) is 0 Å². The molecule has 2 saturated carbocycles. The van der Waals surface area contributed by atoms with E-state index in [2.05, 4.69) is 9.88 Å². The van der Waals surface area contributed by atoms with Crippen LogP contribution in [0.1, 0.15) is 19.3 Å². The van der Waals surface area contributed by atoms with E-state index in [1.165, 1.54) is 12.8 Å². The van der Waals surface area contributed by atoms with Crippen LogP contribution in [0.5, 0.6) is 0 Å². The number of hydrogen-bond donors (Lipinski definition) is 2. The summed E-state index contributed by atoms with van der Waals surface area (Å²) < 4.78 is 2.07. The second kappa shape index (κ2) is 4.76. The standard InChI is InChI=1S/C14H21N3O/c15-13-11-4-3-10(9-11)12(13)14(18)16-5-8-17-6-1-2-7-17/h1-2,6-7,10-13H,3-5,8-9,15H2,(H,16,18). The van der Waals surface area contributed by atoms with Crippen molar-refractivity contribution in [1.29, 1.82) is 0 Å². The van der Waals surface area contributed by atoms with Crippen LogP contribution in [0.3, 0.4) is 0 Å². The summed E-state index contributed by atoms with van der Waals surface area (Å²) in [5.74, 6) is 1.36. The van der Waals surface area contributed by atoms with Crippen molar-refractivity contribution in [1.82, 2.24) is 9.88 Å². The molecule has 3 N–H and O–H groups in total. The van der Waals surface area contributed by atoms with Gasteiger partial charge in [-0.1, -0.05) is 0 Å². The lowest BCUT2D eigenvalue weighted by molar-refractivity contribution is -0.127. The molecule has 0 aliphatic heterocycles. The van der Waals surface area contributed by atoms with Crippen molar-refractivity contribution in [2.75, 3.05) is 6.54 Å². The van der Waals surface area contributed by atoms with Gasteiger partial charge in [-0.05, 0) is 43.2 Å². The lowest BCUT2D eigenvalue weighted by Gasteiger charge is -2.27. The van der Waals surface area contributed by atoms with Crippen molar-refractivity contribution in [3.8, 4) is 0 Å². The van der Waals surface area contributed by atoms with Crippen LogP contribution in [0.15, 0.2) is 24.5 Å². The fourth-order valence-electron chi connectivity index (χ4n) is 3.67. The van der Waals surface area contributed by atoms with E-state index >= 15 is 0 Å². The number of nitrogens with two attached hydrogens (primary N) is 1. The Kier molecular flexibility index (Phi) is 3.12. The summed E-state index contributed by atoms with van der Waals surface area (Å²) in [4.78, 5) is 12.2. The summed E-state index contributed by atoms with van der Waals surface area (Å²) in [6.45, 7) is 1.52. The molecule has 0 spiro atoms. The van der Waals surface area contributed by atoms with Crippen LogP contribution in [0, 0.1) is 17.8 Å². The lowest BCUT2D eigenvalue weighted by atomic mass is 9.84. The molecule has 18 heavy (non-hydrogen) atoms. The summed E-state index contributed by atoms with van der Waals surface area (Å²) in [5, 5.41) is 3.04. The number of aromatic nitrogens is 1. The highest BCUT2D eigenvalue weighted by Crippen LogP contribution is 2.47. The number of amides is 1. The molecule has 2 aliphatic carbocycles. The Hall–Kier alpha value is -1.29. The Balaban J connectivity index is 1.50. The highest BCUT2D eigenvalue weighted by Gasteiger charge is 2.48. The second-order valence-electron chi connectivity index (χ2n) is 5.65. The normalized spacial score (nSPS) is 33.8. The number of nitrogens with one attached hydrogen (secondary N) is 1. The molecule has 4 unspecified atom stereocenters. The first-order chi connectivity index (χ1) is 8.75. The number of carbonyl (C=O) groups is 1. The van der Waals surface area contributed by atoms with E-state index in [9.17, 15) is 4.79 Å². The molecule has 1 aromatic rings. The highest BCUT2D eigenvalue weighted by molar-refractivity contribution is 5.80. The second-order valence-corrected chi connectivity index (χ2v) is 5.65. The molecule has 1 aromatic heterocycles. The molecule has 3 rings (SSSR count). The molecule has 98 valence electrons. The zero-order chi connectivity index (χ0) is 12.5. The minimum atomic E-state index is 0.0633. The molecular weight excluding hydrogens is 226 g/mol. The Morgan fingerprint density at radius 2 is 2.00 bits per heavy atom. The van der Waals surface area contributed by atoms with Crippen molar-refractivity contribution in [2.24, 2.45) is 23.5 Å². The van der Waals surface area contributed by atoms with Gasteiger partial charge in [0.25, 0.3) is 0 Å². The zero-order valence-corrected chi connectivity index (χ0v) is 10.6. The Morgan fingerprint density at radius 1 is 1.28 bits per heavy atom. The number of fused-ring (bicyclic) bond motifs is 2. The number of hydrogen-bond acceptors (Lipinski definition) is 2. The quantitative estimate of drug-likeness (QED) is 0.833. The van der Waals surface area contributed by atoms with Gasteiger partial charge in [-0.15, -0.1) is 0 Å². The minimum Gasteiger partial charge on any atom is -0.354 e. The monoisotopic (exact) mass is 247 g/mol. The van der Waals surface area contributed by atoms with Gasteiger partial charge >= 0.3 is 0 Å². The van der Waals surface area contributed by atoms with Gasteiger partial charge in [0, 0.05) is 31.5 Å². The van der Waals surface area contributed by atoms with Gasteiger partial charge in [-0.2, -0.15) is 0 Å². The van der Waals surface area contributed by atoms with E-state index in [0.29, 0.717) is 18.4 Å². The van der Waals surface area contributed by atoms with E-state index in [1.807, 2.05) is 24.5 Å². The van der Waals surface area contributed by atoms with E-state index in [0.717, 1.165) is 13.0 Å². The van der Waals surface area contributed by atoms with Gasteiger partial charge in [0.1, 0.15) is 0 Å². The maximum atomic E-state index is 12.2. The molecule has 0 saturated heterocycles. The van der Waals surface area contributed by atoms with Crippen molar-refractivity contribution in [2.45, 2.75) is 31.8 Å². The first-order valence-corrected chi connectivity index (χ1v) is 6.90. The van der Waals surface area contributed by atoms with Crippen molar-refractivity contribution in [3.05, 3.63) is 24.5 Å². The largest absolute Gasteiger partial charge is 0.354 e. The first-order valence-electron chi connectivity index (χ1n) is 6.90. The first kappa shape index (κ1) is 11.8. The minimum absolute atomic E-state index is 0.0633. The molecule has 4 nitrogen and oxygen atoms in total. The SMILES string of the molecule is NC1C2CCC(C2)C1C(=O)NCCn1cccc1. The van der Waals surface area contributed by atoms with Crippen LogP contribution in [-0.4, -0.2) is 23.1 Å². The maximum Gasteiger partial charge on any atom is 0.225 e. The highest BCUT2D eigenvalue weighted by atomic mass is 16.1. The summed E-state index contributed by atoms with van der Waals surface area (Å²) in [5.41, 5.74) is 6.17. The smallest absolute Gasteiger partial charge is 0.225 e. The Morgan fingerprint density at radius 3 is 2.67 bits per heavy atom. The third-order valence-electron chi connectivity index (χ3n) is 4.62. The van der Waals surface area contributed by atoms with E-state index in [4.69, 9.17) is 5.73 Å². The van der Waals surface area contributed by atoms with Gasteiger partial charge < -0.3 is 15.6 Å². The molecular formula is C14H21N3O. The lowest BCUT2D eigenvalue weighted by Crippen LogP contribution is -2.45. The average molecular weight is 247 g/mol. The summed E-state index contributed by atoms with van der Waals surface area (Å²) >= 11 is 0.